The van der Waals surface area contributed by atoms with E-state index in [4.69, 9.17) is 23.2 Å². The summed E-state index contributed by atoms with van der Waals surface area (Å²) in [5.41, 5.74) is 2.25. The second kappa shape index (κ2) is 5.67. The summed E-state index contributed by atoms with van der Waals surface area (Å²) in [6.45, 7) is 1.71. The minimum absolute atomic E-state index is 0.314. The van der Waals surface area contributed by atoms with E-state index in [9.17, 15) is 4.39 Å². The first-order valence-electron chi connectivity index (χ1n) is 6.65. The van der Waals surface area contributed by atoms with Gasteiger partial charge in [-0.15, -0.1) is 11.6 Å². The van der Waals surface area contributed by atoms with Crippen molar-refractivity contribution in [1.29, 1.82) is 0 Å². The monoisotopic (exact) mass is 318 g/mol. The fraction of sp³-hybridized carbons (Fsp3) is 0.111. The number of hydrogen-bond acceptors (Lipinski definition) is 0. The maximum absolute atomic E-state index is 13.6. The number of benzene rings is 3. The van der Waals surface area contributed by atoms with Crippen LogP contribution in [0.1, 0.15) is 22.1 Å². The smallest absolute Gasteiger partial charge is 0.127 e. The molecule has 0 fully saturated rings. The highest BCUT2D eigenvalue weighted by Gasteiger charge is 2.18. The lowest BCUT2D eigenvalue weighted by atomic mass is 9.97. The van der Waals surface area contributed by atoms with Gasteiger partial charge in [-0.2, -0.15) is 0 Å². The molecule has 0 nitrogen and oxygen atoms in total. The standard InChI is InChI=1S/C18H13Cl2F/c1-11-9-15(16(19)10-17(11)21)18(20)14-8-4-6-12-5-2-3-7-13(12)14/h2-10,18H,1H3. The Bertz CT molecular complexity index is 806. The lowest BCUT2D eigenvalue weighted by Crippen LogP contribution is -1.98. The summed E-state index contributed by atoms with van der Waals surface area (Å²) in [5.74, 6) is -0.314. The van der Waals surface area contributed by atoms with Crippen LogP contribution in [0, 0.1) is 12.7 Å². The molecule has 0 spiro atoms. The molecule has 0 radical (unpaired) electrons. The average molecular weight is 319 g/mol. The third-order valence-electron chi connectivity index (χ3n) is 3.65. The van der Waals surface area contributed by atoms with Gasteiger partial charge in [0.05, 0.1) is 5.38 Å². The zero-order valence-electron chi connectivity index (χ0n) is 11.4. The summed E-state index contributed by atoms with van der Waals surface area (Å²) in [6.07, 6.45) is 0. The molecule has 0 heterocycles. The fourth-order valence-electron chi connectivity index (χ4n) is 2.51. The number of hydrogen-bond donors (Lipinski definition) is 0. The third kappa shape index (κ3) is 2.64. The molecule has 21 heavy (non-hydrogen) atoms. The molecule has 3 aromatic rings. The fourth-order valence-corrected chi connectivity index (χ4v) is 3.20. The lowest BCUT2D eigenvalue weighted by Gasteiger charge is -2.16. The predicted octanol–water partition coefficient (Wildman–Crippen LogP) is 6.27. The summed E-state index contributed by atoms with van der Waals surface area (Å²) in [6, 6.07) is 17.1. The molecule has 0 N–H and O–H groups in total. The van der Waals surface area contributed by atoms with Crippen molar-refractivity contribution in [1.82, 2.24) is 0 Å². The molecule has 0 amide bonds. The first kappa shape index (κ1) is 14.4. The SMILES string of the molecule is Cc1cc(C(Cl)c2cccc3ccccc23)c(Cl)cc1F. The Labute approximate surface area is 133 Å². The van der Waals surface area contributed by atoms with Crippen molar-refractivity contribution in [3.8, 4) is 0 Å². The van der Waals surface area contributed by atoms with Crippen LogP contribution in [0.3, 0.4) is 0 Å². The van der Waals surface area contributed by atoms with Gasteiger partial charge in [0.25, 0.3) is 0 Å². The molecule has 1 atom stereocenters. The highest BCUT2D eigenvalue weighted by molar-refractivity contribution is 6.33. The van der Waals surface area contributed by atoms with Gasteiger partial charge in [0.1, 0.15) is 5.82 Å². The van der Waals surface area contributed by atoms with Gasteiger partial charge in [-0.3, -0.25) is 0 Å². The minimum Gasteiger partial charge on any atom is -0.207 e. The molecular weight excluding hydrogens is 306 g/mol. The summed E-state index contributed by atoms with van der Waals surface area (Å²) < 4.78 is 13.6. The van der Waals surface area contributed by atoms with Gasteiger partial charge in [0.2, 0.25) is 0 Å². The van der Waals surface area contributed by atoms with Gasteiger partial charge in [-0.25, -0.2) is 4.39 Å². The Balaban J connectivity index is 2.17. The largest absolute Gasteiger partial charge is 0.207 e. The van der Waals surface area contributed by atoms with Crippen molar-refractivity contribution < 1.29 is 4.39 Å². The van der Waals surface area contributed by atoms with E-state index in [0.29, 0.717) is 10.6 Å². The number of rotatable bonds is 2. The Hall–Kier alpha value is -1.57. The Morgan fingerprint density at radius 2 is 1.67 bits per heavy atom. The molecule has 0 aliphatic heterocycles. The topological polar surface area (TPSA) is 0 Å². The zero-order chi connectivity index (χ0) is 15.0. The molecule has 1 unspecified atom stereocenters. The van der Waals surface area contributed by atoms with Crippen LogP contribution in [-0.2, 0) is 0 Å². The normalized spacial score (nSPS) is 12.6. The molecule has 3 aromatic carbocycles. The van der Waals surface area contributed by atoms with Crippen molar-refractivity contribution in [3.05, 3.63) is 82.1 Å². The van der Waals surface area contributed by atoms with E-state index in [0.717, 1.165) is 21.9 Å². The number of fused-ring (bicyclic) bond motifs is 1. The quantitative estimate of drug-likeness (QED) is 0.488. The maximum atomic E-state index is 13.6. The predicted molar refractivity (Wildman–Crippen MR) is 87.8 cm³/mol. The minimum atomic E-state index is -0.414. The third-order valence-corrected chi connectivity index (χ3v) is 4.44. The summed E-state index contributed by atoms with van der Waals surface area (Å²) in [7, 11) is 0. The molecule has 0 bridgehead atoms. The van der Waals surface area contributed by atoms with Gasteiger partial charge >= 0.3 is 0 Å². The maximum Gasteiger partial charge on any atom is 0.127 e. The van der Waals surface area contributed by atoms with Gasteiger partial charge in [0, 0.05) is 5.02 Å². The molecule has 0 saturated carbocycles. The highest BCUT2D eigenvalue weighted by Crippen LogP contribution is 2.38. The van der Waals surface area contributed by atoms with Crippen LogP contribution < -0.4 is 0 Å². The first-order valence-corrected chi connectivity index (χ1v) is 7.46. The van der Waals surface area contributed by atoms with Crippen LogP contribution in [0.15, 0.2) is 54.6 Å². The summed E-state index contributed by atoms with van der Waals surface area (Å²) in [5, 5.41) is 2.14. The van der Waals surface area contributed by atoms with Gasteiger partial charge < -0.3 is 0 Å². The zero-order valence-corrected chi connectivity index (χ0v) is 12.9. The van der Waals surface area contributed by atoms with Crippen LogP contribution in [0.25, 0.3) is 10.8 Å². The van der Waals surface area contributed by atoms with E-state index < -0.39 is 5.38 Å². The molecule has 3 rings (SSSR count). The van der Waals surface area contributed by atoms with Crippen LogP contribution in [0.4, 0.5) is 4.39 Å². The van der Waals surface area contributed by atoms with E-state index in [1.54, 1.807) is 13.0 Å². The summed E-state index contributed by atoms with van der Waals surface area (Å²) in [4.78, 5) is 0. The van der Waals surface area contributed by atoms with Crippen molar-refractivity contribution >= 4 is 34.0 Å². The molecule has 0 aliphatic carbocycles. The van der Waals surface area contributed by atoms with E-state index in [1.807, 2.05) is 42.5 Å². The van der Waals surface area contributed by atoms with Crippen molar-refractivity contribution in [2.24, 2.45) is 0 Å². The second-order valence-electron chi connectivity index (χ2n) is 5.05. The van der Waals surface area contributed by atoms with E-state index in [-0.39, 0.29) is 5.82 Å². The second-order valence-corrected chi connectivity index (χ2v) is 5.90. The number of alkyl halides is 1. The van der Waals surface area contributed by atoms with E-state index >= 15 is 0 Å². The molecule has 0 aliphatic rings. The van der Waals surface area contributed by atoms with E-state index in [1.165, 1.54) is 6.07 Å². The lowest BCUT2D eigenvalue weighted by molar-refractivity contribution is 0.618. The van der Waals surface area contributed by atoms with Gasteiger partial charge in [-0.1, -0.05) is 54.1 Å². The molecule has 0 saturated heterocycles. The number of halogens is 3. The highest BCUT2D eigenvalue weighted by atomic mass is 35.5. The van der Waals surface area contributed by atoms with Crippen molar-refractivity contribution in [2.75, 3.05) is 0 Å². The van der Waals surface area contributed by atoms with Crippen LogP contribution in [0.5, 0.6) is 0 Å². The Morgan fingerprint density at radius 3 is 2.48 bits per heavy atom. The Kier molecular flexibility index (Phi) is 3.88. The van der Waals surface area contributed by atoms with E-state index in [2.05, 4.69) is 0 Å². The molecule has 106 valence electrons. The van der Waals surface area contributed by atoms with Gasteiger partial charge in [-0.05, 0) is 46.5 Å². The average Bonchev–Trinajstić information content (AvgIpc) is 2.49. The molecular formula is C18H13Cl2F. The molecule has 3 heteroatoms. The Morgan fingerprint density at radius 1 is 0.952 bits per heavy atom. The van der Waals surface area contributed by atoms with Crippen LogP contribution in [-0.4, -0.2) is 0 Å². The molecule has 0 aromatic heterocycles. The van der Waals surface area contributed by atoms with Crippen molar-refractivity contribution in [2.45, 2.75) is 12.3 Å². The summed E-state index contributed by atoms with van der Waals surface area (Å²) >= 11 is 12.8. The van der Waals surface area contributed by atoms with Gasteiger partial charge in [0.15, 0.2) is 0 Å². The number of aryl methyl sites for hydroxylation is 1. The van der Waals surface area contributed by atoms with Crippen molar-refractivity contribution in [3.63, 3.8) is 0 Å². The van der Waals surface area contributed by atoms with Crippen LogP contribution >= 0.6 is 23.2 Å². The first-order chi connectivity index (χ1) is 10.1. The van der Waals surface area contributed by atoms with Crippen LogP contribution in [0.2, 0.25) is 5.02 Å².